The summed E-state index contributed by atoms with van der Waals surface area (Å²) in [6.07, 6.45) is 0. The van der Waals surface area contributed by atoms with Crippen LogP contribution in [0.25, 0.3) is 0 Å². The molecule has 0 bridgehead atoms. The van der Waals surface area contributed by atoms with E-state index in [-0.39, 0.29) is 5.91 Å². The monoisotopic (exact) mass is 359 g/mol. The molecule has 0 fully saturated rings. The smallest absolute Gasteiger partial charge is 0.272 e. The molecule has 2 aromatic rings. The van der Waals surface area contributed by atoms with Crippen molar-refractivity contribution in [1.82, 2.24) is 5.43 Å². The van der Waals surface area contributed by atoms with Gasteiger partial charge in [0.25, 0.3) is 5.91 Å². The van der Waals surface area contributed by atoms with Gasteiger partial charge in [0.05, 0.1) is 11.3 Å². The summed E-state index contributed by atoms with van der Waals surface area (Å²) in [5.74, 6) is -0.239. The van der Waals surface area contributed by atoms with Crippen LogP contribution in [0.1, 0.15) is 22.8 Å². The fourth-order valence-corrected chi connectivity index (χ4v) is 2.37. The molecule has 0 unspecified atom stereocenters. The van der Waals surface area contributed by atoms with E-state index in [2.05, 4.69) is 26.5 Å². The van der Waals surface area contributed by atoms with E-state index < -0.39 is 0 Å². The van der Waals surface area contributed by atoms with Crippen molar-refractivity contribution in [1.29, 1.82) is 0 Å². The molecule has 0 aliphatic carbocycles. The number of rotatable bonds is 4. The van der Waals surface area contributed by atoms with E-state index in [4.69, 9.17) is 0 Å². The highest BCUT2D eigenvalue weighted by Gasteiger charge is 2.08. The molecule has 0 heterocycles. The molecule has 22 heavy (non-hydrogen) atoms. The van der Waals surface area contributed by atoms with Gasteiger partial charge in [-0.25, -0.2) is 5.43 Å². The third-order valence-corrected chi connectivity index (χ3v) is 3.94. The summed E-state index contributed by atoms with van der Waals surface area (Å²) >= 11 is 3.36. The van der Waals surface area contributed by atoms with Crippen LogP contribution in [0.5, 0.6) is 0 Å². The van der Waals surface area contributed by atoms with Gasteiger partial charge in [0, 0.05) is 24.3 Å². The van der Waals surface area contributed by atoms with Gasteiger partial charge >= 0.3 is 0 Å². The van der Waals surface area contributed by atoms with Gasteiger partial charge in [-0.3, -0.25) is 4.79 Å². The van der Waals surface area contributed by atoms with Gasteiger partial charge in [-0.2, -0.15) is 5.10 Å². The Bertz CT molecular complexity index is 693. The Morgan fingerprint density at radius 2 is 1.73 bits per heavy atom. The van der Waals surface area contributed by atoms with E-state index in [0.717, 1.165) is 21.4 Å². The number of hydrogen-bond donors (Lipinski definition) is 1. The van der Waals surface area contributed by atoms with Crippen molar-refractivity contribution in [2.45, 2.75) is 6.92 Å². The Morgan fingerprint density at radius 1 is 1.09 bits per heavy atom. The van der Waals surface area contributed by atoms with Crippen LogP contribution in [-0.4, -0.2) is 25.7 Å². The van der Waals surface area contributed by atoms with Crippen molar-refractivity contribution >= 4 is 33.2 Å². The Hall–Kier alpha value is -2.14. The molecule has 0 saturated carbocycles. The zero-order valence-corrected chi connectivity index (χ0v) is 14.4. The van der Waals surface area contributed by atoms with Crippen LogP contribution in [0, 0.1) is 0 Å². The summed E-state index contributed by atoms with van der Waals surface area (Å²) in [5.41, 5.74) is 5.99. The van der Waals surface area contributed by atoms with Crippen molar-refractivity contribution in [2.75, 3.05) is 19.0 Å². The number of amides is 1. The molecule has 4 nitrogen and oxygen atoms in total. The van der Waals surface area contributed by atoms with Crippen molar-refractivity contribution in [2.24, 2.45) is 5.10 Å². The summed E-state index contributed by atoms with van der Waals surface area (Å²) in [6, 6.07) is 15.3. The minimum absolute atomic E-state index is 0.239. The first-order valence-electron chi connectivity index (χ1n) is 6.86. The highest BCUT2D eigenvalue weighted by molar-refractivity contribution is 9.10. The van der Waals surface area contributed by atoms with E-state index in [1.54, 1.807) is 6.07 Å². The number of carbonyl (C=O) groups excluding carboxylic acids is 1. The Kier molecular flexibility index (Phi) is 5.33. The molecule has 0 saturated heterocycles. The summed E-state index contributed by atoms with van der Waals surface area (Å²) in [4.78, 5) is 14.1. The van der Waals surface area contributed by atoms with Crippen molar-refractivity contribution in [3.05, 3.63) is 64.1 Å². The van der Waals surface area contributed by atoms with Crippen LogP contribution in [0.3, 0.4) is 0 Å². The zero-order chi connectivity index (χ0) is 16.1. The first-order valence-corrected chi connectivity index (χ1v) is 7.65. The van der Waals surface area contributed by atoms with E-state index >= 15 is 0 Å². The lowest BCUT2D eigenvalue weighted by Gasteiger charge is -2.12. The maximum absolute atomic E-state index is 12.1. The maximum atomic E-state index is 12.1. The average molecular weight is 360 g/mol. The molecule has 0 aromatic heterocycles. The number of anilines is 1. The van der Waals surface area contributed by atoms with Crippen LogP contribution in [0.4, 0.5) is 5.69 Å². The Balaban J connectivity index is 2.09. The summed E-state index contributed by atoms with van der Waals surface area (Å²) in [7, 11) is 3.99. The lowest BCUT2D eigenvalue weighted by atomic mass is 10.1. The van der Waals surface area contributed by atoms with Crippen molar-refractivity contribution in [3.8, 4) is 0 Å². The maximum Gasteiger partial charge on any atom is 0.272 e. The highest BCUT2D eigenvalue weighted by Crippen LogP contribution is 2.16. The summed E-state index contributed by atoms with van der Waals surface area (Å²) < 4.78 is 0.746. The van der Waals surface area contributed by atoms with Crippen LogP contribution in [-0.2, 0) is 0 Å². The topological polar surface area (TPSA) is 44.7 Å². The van der Waals surface area contributed by atoms with Crippen molar-refractivity contribution < 1.29 is 4.79 Å². The largest absolute Gasteiger partial charge is 0.378 e. The van der Waals surface area contributed by atoms with Crippen LogP contribution in [0.15, 0.2) is 58.1 Å². The van der Waals surface area contributed by atoms with Gasteiger partial charge < -0.3 is 4.90 Å². The molecule has 114 valence electrons. The second-order valence-electron chi connectivity index (χ2n) is 5.06. The third kappa shape index (κ3) is 3.95. The van der Waals surface area contributed by atoms with E-state index in [9.17, 15) is 4.79 Å². The van der Waals surface area contributed by atoms with Gasteiger partial charge in [0.2, 0.25) is 0 Å². The first-order chi connectivity index (χ1) is 10.5. The second kappa shape index (κ2) is 7.22. The number of carbonyl (C=O) groups is 1. The molecule has 2 rings (SSSR count). The Morgan fingerprint density at radius 3 is 2.32 bits per heavy atom. The number of nitrogens with one attached hydrogen (secondary N) is 1. The zero-order valence-electron chi connectivity index (χ0n) is 12.8. The van der Waals surface area contributed by atoms with Crippen LogP contribution >= 0.6 is 15.9 Å². The molecular weight excluding hydrogens is 342 g/mol. The first kappa shape index (κ1) is 16.2. The lowest BCUT2D eigenvalue weighted by Crippen LogP contribution is -2.19. The molecule has 5 heteroatoms. The number of benzene rings is 2. The van der Waals surface area contributed by atoms with E-state index in [1.807, 2.05) is 68.4 Å². The van der Waals surface area contributed by atoms with E-state index in [0.29, 0.717) is 5.56 Å². The second-order valence-corrected chi connectivity index (χ2v) is 5.91. The lowest BCUT2D eigenvalue weighted by molar-refractivity contribution is 0.0954. The van der Waals surface area contributed by atoms with Gasteiger partial charge in [-0.15, -0.1) is 0 Å². The van der Waals surface area contributed by atoms with Crippen LogP contribution < -0.4 is 10.3 Å². The quantitative estimate of drug-likeness (QED) is 0.668. The fourth-order valence-electron chi connectivity index (χ4n) is 1.91. The molecule has 0 radical (unpaired) electrons. The van der Waals surface area contributed by atoms with E-state index in [1.165, 1.54) is 0 Å². The molecule has 0 aliphatic heterocycles. The van der Waals surface area contributed by atoms with Gasteiger partial charge in [-0.1, -0.05) is 24.3 Å². The Labute approximate surface area is 139 Å². The SMILES string of the molecule is C/C(=N/NC(=O)c1ccccc1Br)c1ccc(N(C)C)cc1. The minimum Gasteiger partial charge on any atom is -0.378 e. The standard InChI is InChI=1S/C17H18BrN3O/c1-12(13-8-10-14(11-9-13)21(2)3)19-20-17(22)15-6-4-5-7-16(15)18/h4-11H,1-3H3,(H,20,22)/b19-12-. The predicted octanol–water partition coefficient (Wildman–Crippen LogP) is 3.67. The molecule has 0 spiro atoms. The molecule has 0 atom stereocenters. The normalized spacial score (nSPS) is 11.2. The minimum atomic E-state index is -0.239. The van der Waals surface area contributed by atoms with Gasteiger partial charge in [0.1, 0.15) is 0 Å². The fraction of sp³-hybridized carbons (Fsp3) is 0.176. The summed E-state index contributed by atoms with van der Waals surface area (Å²) in [6.45, 7) is 1.87. The molecule has 2 aromatic carbocycles. The number of nitrogens with zero attached hydrogens (tertiary/aromatic N) is 2. The van der Waals surface area contributed by atoms with Crippen molar-refractivity contribution in [3.63, 3.8) is 0 Å². The summed E-state index contributed by atoms with van der Waals surface area (Å²) in [5, 5.41) is 4.17. The number of hydrazone groups is 1. The molecule has 0 aliphatic rings. The third-order valence-electron chi connectivity index (χ3n) is 3.25. The highest BCUT2D eigenvalue weighted by atomic mass is 79.9. The number of halogens is 1. The molecular formula is C17H18BrN3O. The average Bonchev–Trinajstić information content (AvgIpc) is 2.52. The molecule has 1 amide bonds. The predicted molar refractivity (Wildman–Crippen MR) is 94.6 cm³/mol. The van der Waals surface area contributed by atoms with Crippen LogP contribution in [0.2, 0.25) is 0 Å². The van der Waals surface area contributed by atoms with Gasteiger partial charge in [0.15, 0.2) is 0 Å². The number of hydrogen-bond acceptors (Lipinski definition) is 3. The molecule has 1 N–H and O–H groups in total. The van der Waals surface area contributed by atoms with Gasteiger partial charge in [-0.05, 0) is 52.7 Å².